The van der Waals surface area contributed by atoms with E-state index in [2.05, 4.69) is 47.2 Å². The van der Waals surface area contributed by atoms with Gasteiger partial charge in [-0.3, -0.25) is 0 Å². The summed E-state index contributed by atoms with van der Waals surface area (Å²) in [5.41, 5.74) is 4.49. The molecule has 0 aromatic heterocycles. The molecular weight excluding hydrogens is 290 g/mol. The molecule has 2 nitrogen and oxygen atoms in total. The number of halogens is 1. The third-order valence-corrected chi connectivity index (χ3v) is 3.61. The fourth-order valence-corrected chi connectivity index (χ4v) is 2.24. The number of phenols is 1. The van der Waals surface area contributed by atoms with E-state index >= 15 is 0 Å². The molecule has 2 rings (SSSR count). The van der Waals surface area contributed by atoms with Crippen molar-refractivity contribution in [3.63, 3.8) is 0 Å². The normalized spacial score (nSPS) is 10.4. The lowest BCUT2D eigenvalue weighted by Crippen LogP contribution is -2.02. The summed E-state index contributed by atoms with van der Waals surface area (Å²) in [7, 11) is 0. The first-order chi connectivity index (χ1) is 8.58. The Bertz CT molecular complexity index is 564. The molecular formula is C15H16BrNO. The van der Waals surface area contributed by atoms with Gasteiger partial charge in [-0.1, -0.05) is 28.1 Å². The van der Waals surface area contributed by atoms with Crippen LogP contribution in [0.5, 0.6) is 5.75 Å². The van der Waals surface area contributed by atoms with E-state index < -0.39 is 0 Å². The van der Waals surface area contributed by atoms with Crippen LogP contribution in [0.1, 0.15) is 16.7 Å². The van der Waals surface area contributed by atoms with Crippen LogP contribution in [0.15, 0.2) is 40.9 Å². The van der Waals surface area contributed by atoms with Crippen molar-refractivity contribution in [3.05, 3.63) is 57.6 Å². The van der Waals surface area contributed by atoms with Crippen molar-refractivity contribution in [3.8, 4) is 5.75 Å². The van der Waals surface area contributed by atoms with E-state index in [1.807, 2.05) is 18.2 Å². The van der Waals surface area contributed by atoms with Gasteiger partial charge in [0.1, 0.15) is 5.75 Å². The van der Waals surface area contributed by atoms with Crippen molar-refractivity contribution >= 4 is 21.6 Å². The Morgan fingerprint density at radius 2 is 1.94 bits per heavy atom. The first-order valence-corrected chi connectivity index (χ1v) is 6.64. The molecule has 3 heteroatoms. The summed E-state index contributed by atoms with van der Waals surface area (Å²) in [5, 5.41) is 13.1. The molecule has 0 bridgehead atoms. The second-order valence-corrected chi connectivity index (χ2v) is 5.29. The predicted molar refractivity (Wildman–Crippen MR) is 79.0 cm³/mol. The van der Waals surface area contributed by atoms with Gasteiger partial charge in [0.05, 0.1) is 0 Å². The van der Waals surface area contributed by atoms with E-state index in [1.54, 1.807) is 6.07 Å². The van der Waals surface area contributed by atoms with Crippen molar-refractivity contribution in [1.82, 2.24) is 0 Å². The van der Waals surface area contributed by atoms with Gasteiger partial charge in [-0.05, 0) is 49.2 Å². The topological polar surface area (TPSA) is 32.3 Å². The van der Waals surface area contributed by atoms with Gasteiger partial charge in [0.2, 0.25) is 0 Å². The summed E-state index contributed by atoms with van der Waals surface area (Å²) in [6.07, 6.45) is 0. The average molecular weight is 306 g/mol. The Morgan fingerprint density at radius 3 is 2.72 bits per heavy atom. The standard InChI is InChI=1S/C15H16BrNO/c1-10-4-3-5-14(11(10)2)17-9-12-8-13(16)6-7-15(12)18/h3-8,17-18H,9H2,1-2H3. The molecule has 2 aromatic carbocycles. The molecule has 0 aliphatic heterocycles. The Balaban J connectivity index is 2.16. The molecule has 2 N–H and O–H groups in total. The van der Waals surface area contributed by atoms with Crippen LogP contribution in [0.4, 0.5) is 5.69 Å². The van der Waals surface area contributed by atoms with Crippen molar-refractivity contribution in [2.24, 2.45) is 0 Å². The van der Waals surface area contributed by atoms with E-state index in [0.29, 0.717) is 12.3 Å². The Kier molecular flexibility index (Phi) is 3.92. The van der Waals surface area contributed by atoms with Crippen molar-refractivity contribution in [2.75, 3.05) is 5.32 Å². The molecule has 0 radical (unpaired) electrons. The van der Waals surface area contributed by atoms with Crippen LogP contribution < -0.4 is 5.32 Å². The molecule has 0 saturated carbocycles. The number of hydrogen-bond acceptors (Lipinski definition) is 2. The van der Waals surface area contributed by atoms with Crippen LogP contribution in [0, 0.1) is 13.8 Å². The van der Waals surface area contributed by atoms with Crippen LogP contribution in [0.2, 0.25) is 0 Å². The number of nitrogens with one attached hydrogen (secondary N) is 1. The molecule has 0 atom stereocenters. The van der Waals surface area contributed by atoms with Crippen LogP contribution in [-0.2, 0) is 6.54 Å². The van der Waals surface area contributed by atoms with E-state index in [1.165, 1.54) is 11.1 Å². The van der Waals surface area contributed by atoms with Crippen LogP contribution >= 0.6 is 15.9 Å². The minimum Gasteiger partial charge on any atom is -0.508 e. The van der Waals surface area contributed by atoms with E-state index in [0.717, 1.165) is 15.7 Å². The van der Waals surface area contributed by atoms with Crippen LogP contribution in [0.25, 0.3) is 0 Å². The summed E-state index contributed by atoms with van der Waals surface area (Å²) < 4.78 is 0.970. The number of rotatable bonds is 3. The van der Waals surface area contributed by atoms with Gasteiger partial charge in [0.25, 0.3) is 0 Å². The lowest BCUT2D eigenvalue weighted by Gasteiger charge is -2.12. The summed E-state index contributed by atoms with van der Waals surface area (Å²) >= 11 is 3.41. The maximum Gasteiger partial charge on any atom is 0.120 e. The van der Waals surface area contributed by atoms with Gasteiger partial charge in [-0.25, -0.2) is 0 Å². The zero-order valence-electron chi connectivity index (χ0n) is 10.5. The number of aryl methyl sites for hydroxylation is 1. The quantitative estimate of drug-likeness (QED) is 0.882. The van der Waals surface area contributed by atoms with Gasteiger partial charge in [0.15, 0.2) is 0 Å². The van der Waals surface area contributed by atoms with Crippen molar-refractivity contribution < 1.29 is 5.11 Å². The molecule has 0 heterocycles. The van der Waals surface area contributed by atoms with Gasteiger partial charge in [-0.15, -0.1) is 0 Å². The van der Waals surface area contributed by atoms with Gasteiger partial charge < -0.3 is 10.4 Å². The number of hydrogen-bond donors (Lipinski definition) is 2. The highest BCUT2D eigenvalue weighted by Crippen LogP contribution is 2.24. The fourth-order valence-electron chi connectivity index (χ4n) is 1.83. The molecule has 0 amide bonds. The van der Waals surface area contributed by atoms with Crippen LogP contribution in [-0.4, -0.2) is 5.11 Å². The smallest absolute Gasteiger partial charge is 0.120 e. The van der Waals surface area contributed by atoms with Gasteiger partial charge >= 0.3 is 0 Å². The Hall–Kier alpha value is -1.48. The minimum absolute atomic E-state index is 0.316. The zero-order valence-corrected chi connectivity index (χ0v) is 12.1. The number of benzene rings is 2. The molecule has 94 valence electrons. The highest BCUT2D eigenvalue weighted by atomic mass is 79.9. The number of anilines is 1. The summed E-state index contributed by atoms with van der Waals surface area (Å²) in [5.74, 6) is 0.316. The van der Waals surface area contributed by atoms with E-state index in [4.69, 9.17) is 0 Å². The minimum atomic E-state index is 0.316. The second-order valence-electron chi connectivity index (χ2n) is 4.37. The van der Waals surface area contributed by atoms with Gasteiger partial charge in [0, 0.05) is 22.3 Å². The molecule has 18 heavy (non-hydrogen) atoms. The van der Waals surface area contributed by atoms with E-state index in [9.17, 15) is 5.11 Å². The fraction of sp³-hybridized carbons (Fsp3) is 0.200. The van der Waals surface area contributed by atoms with Crippen LogP contribution in [0.3, 0.4) is 0 Å². The van der Waals surface area contributed by atoms with Crippen molar-refractivity contribution in [1.29, 1.82) is 0 Å². The Morgan fingerprint density at radius 1 is 1.17 bits per heavy atom. The second kappa shape index (κ2) is 5.44. The van der Waals surface area contributed by atoms with Gasteiger partial charge in [-0.2, -0.15) is 0 Å². The number of phenolic OH excluding ortho intramolecular Hbond substituents is 1. The number of aromatic hydroxyl groups is 1. The summed E-state index contributed by atoms with van der Waals surface area (Å²) in [6.45, 7) is 4.80. The summed E-state index contributed by atoms with van der Waals surface area (Å²) in [4.78, 5) is 0. The summed E-state index contributed by atoms with van der Waals surface area (Å²) in [6, 6.07) is 11.6. The third kappa shape index (κ3) is 2.85. The van der Waals surface area contributed by atoms with Crippen molar-refractivity contribution in [2.45, 2.75) is 20.4 Å². The predicted octanol–water partition coefficient (Wildman–Crippen LogP) is 4.38. The molecule has 0 unspecified atom stereocenters. The lowest BCUT2D eigenvalue weighted by molar-refractivity contribution is 0.469. The molecule has 0 spiro atoms. The molecule has 0 saturated heterocycles. The molecule has 0 aliphatic rings. The molecule has 0 aliphatic carbocycles. The lowest BCUT2D eigenvalue weighted by atomic mass is 10.1. The third-order valence-electron chi connectivity index (χ3n) is 3.12. The maximum atomic E-state index is 9.78. The highest BCUT2D eigenvalue weighted by Gasteiger charge is 2.04. The first-order valence-electron chi connectivity index (χ1n) is 5.85. The molecule has 2 aromatic rings. The highest BCUT2D eigenvalue weighted by molar-refractivity contribution is 9.10. The first kappa shape index (κ1) is 13.0. The van der Waals surface area contributed by atoms with E-state index in [-0.39, 0.29) is 0 Å². The Labute approximate surface area is 116 Å². The SMILES string of the molecule is Cc1cccc(NCc2cc(Br)ccc2O)c1C. The molecule has 0 fully saturated rings. The average Bonchev–Trinajstić information content (AvgIpc) is 2.35. The zero-order chi connectivity index (χ0) is 13.1. The monoisotopic (exact) mass is 305 g/mol. The largest absolute Gasteiger partial charge is 0.508 e. The maximum absolute atomic E-state index is 9.78.